The minimum atomic E-state index is 0.410. The van der Waals surface area contributed by atoms with Crippen LogP contribution >= 0.6 is 35.4 Å². The van der Waals surface area contributed by atoms with Gasteiger partial charge in [-0.05, 0) is 42.0 Å². The van der Waals surface area contributed by atoms with E-state index < -0.39 is 0 Å². The number of anilines is 1. The fraction of sp³-hybridized carbons (Fsp3) is 0. The summed E-state index contributed by atoms with van der Waals surface area (Å²) in [6.45, 7) is 0. The number of hydrogen-bond donors (Lipinski definition) is 2. The van der Waals surface area contributed by atoms with E-state index in [1.807, 2.05) is 36.4 Å². The van der Waals surface area contributed by atoms with Crippen molar-refractivity contribution in [1.82, 2.24) is 5.43 Å². The molecule has 0 fully saturated rings. The average molecular weight is 324 g/mol. The van der Waals surface area contributed by atoms with Crippen LogP contribution < -0.4 is 10.7 Å². The normalized spacial score (nSPS) is 10.5. The van der Waals surface area contributed by atoms with Crippen LogP contribution in [0.25, 0.3) is 0 Å². The van der Waals surface area contributed by atoms with Gasteiger partial charge in [0.1, 0.15) is 0 Å². The maximum absolute atomic E-state index is 5.91. The lowest BCUT2D eigenvalue weighted by Gasteiger charge is -2.06. The van der Waals surface area contributed by atoms with Crippen LogP contribution in [0, 0.1) is 0 Å². The molecule has 6 heteroatoms. The highest BCUT2D eigenvalue weighted by Crippen LogP contribution is 2.21. The Hall–Kier alpha value is -1.62. The van der Waals surface area contributed by atoms with Gasteiger partial charge in [-0.15, -0.1) is 0 Å². The molecule has 0 atom stereocenters. The molecule has 102 valence electrons. The third-order valence-electron chi connectivity index (χ3n) is 2.36. The van der Waals surface area contributed by atoms with E-state index in [1.165, 1.54) is 0 Å². The Morgan fingerprint density at radius 1 is 1.05 bits per heavy atom. The number of nitrogens with zero attached hydrogens (tertiary/aromatic N) is 1. The molecule has 0 saturated carbocycles. The lowest BCUT2D eigenvalue weighted by Crippen LogP contribution is -2.23. The molecule has 3 nitrogen and oxygen atoms in total. The van der Waals surface area contributed by atoms with Crippen molar-refractivity contribution >= 4 is 52.4 Å². The van der Waals surface area contributed by atoms with Gasteiger partial charge in [-0.1, -0.05) is 47.5 Å². The quantitative estimate of drug-likeness (QED) is 0.502. The van der Waals surface area contributed by atoms with E-state index in [0.29, 0.717) is 15.2 Å². The molecule has 2 aromatic rings. The molecule has 0 spiro atoms. The van der Waals surface area contributed by atoms with E-state index in [4.69, 9.17) is 35.4 Å². The van der Waals surface area contributed by atoms with Crippen molar-refractivity contribution in [1.29, 1.82) is 0 Å². The van der Waals surface area contributed by atoms with Crippen molar-refractivity contribution in [2.24, 2.45) is 5.10 Å². The summed E-state index contributed by atoms with van der Waals surface area (Å²) >= 11 is 16.9. The van der Waals surface area contributed by atoms with Crippen LogP contribution in [0.4, 0.5) is 5.69 Å². The van der Waals surface area contributed by atoms with Gasteiger partial charge in [0.25, 0.3) is 0 Å². The second-order valence-corrected chi connectivity index (χ2v) is 5.09. The number of para-hydroxylation sites is 1. The molecule has 0 aliphatic rings. The van der Waals surface area contributed by atoms with Gasteiger partial charge in [-0.2, -0.15) is 5.10 Å². The Kier molecular flexibility index (Phi) is 5.35. The third-order valence-corrected chi connectivity index (χ3v) is 3.29. The van der Waals surface area contributed by atoms with E-state index in [2.05, 4.69) is 15.8 Å². The minimum Gasteiger partial charge on any atom is -0.331 e. The van der Waals surface area contributed by atoms with Crippen LogP contribution in [0.2, 0.25) is 10.0 Å². The van der Waals surface area contributed by atoms with Crippen molar-refractivity contribution in [3.05, 3.63) is 64.1 Å². The number of thiocarbonyl (C=S) groups is 1. The number of benzene rings is 2. The molecule has 2 N–H and O–H groups in total. The zero-order chi connectivity index (χ0) is 14.4. The largest absolute Gasteiger partial charge is 0.331 e. The van der Waals surface area contributed by atoms with Crippen LogP contribution in [-0.2, 0) is 0 Å². The fourth-order valence-electron chi connectivity index (χ4n) is 1.44. The summed E-state index contributed by atoms with van der Waals surface area (Å²) in [7, 11) is 0. The van der Waals surface area contributed by atoms with Gasteiger partial charge in [-0.25, -0.2) is 0 Å². The monoisotopic (exact) mass is 323 g/mol. The summed E-state index contributed by atoms with van der Waals surface area (Å²) in [4.78, 5) is 0. The predicted octanol–water partition coefficient (Wildman–Crippen LogP) is 4.31. The number of halogens is 2. The summed E-state index contributed by atoms with van der Waals surface area (Å²) in [5.74, 6) is 0. The highest BCUT2D eigenvalue weighted by atomic mass is 35.5. The first-order valence-corrected chi connectivity index (χ1v) is 6.92. The predicted molar refractivity (Wildman–Crippen MR) is 89.9 cm³/mol. The van der Waals surface area contributed by atoms with E-state index in [9.17, 15) is 0 Å². The number of nitrogens with one attached hydrogen (secondary N) is 2. The molecule has 2 aromatic carbocycles. The maximum atomic E-state index is 5.91. The molecule has 0 radical (unpaired) electrons. The Morgan fingerprint density at radius 3 is 2.50 bits per heavy atom. The van der Waals surface area contributed by atoms with Crippen molar-refractivity contribution in [2.75, 3.05) is 5.32 Å². The molecule has 0 unspecified atom stereocenters. The van der Waals surface area contributed by atoms with E-state index in [-0.39, 0.29) is 0 Å². The molecule has 0 aliphatic carbocycles. The minimum absolute atomic E-state index is 0.410. The van der Waals surface area contributed by atoms with Gasteiger partial charge < -0.3 is 5.32 Å². The molecule has 0 aromatic heterocycles. The number of hydrogen-bond acceptors (Lipinski definition) is 2. The molecular weight excluding hydrogens is 313 g/mol. The molecule has 20 heavy (non-hydrogen) atoms. The fourth-order valence-corrected chi connectivity index (χ4v) is 1.92. The van der Waals surface area contributed by atoms with Crippen LogP contribution in [0.3, 0.4) is 0 Å². The second kappa shape index (κ2) is 7.24. The summed E-state index contributed by atoms with van der Waals surface area (Å²) in [5.41, 5.74) is 4.45. The van der Waals surface area contributed by atoms with Gasteiger partial charge in [0, 0.05) is 5.69 Å². The molecule has 0 bridgehead atoms. The van der Waals surface area contributed by atoms with E-state index in [1.54, 1.807) is 18.3 Å². The highest BCUT2D eigenvalue weighted by molar-refractivity contribution is 7.80. The van der Waals surface area contributed by atoms with Crippen molar-refractivity contribution in [3.63, 3.8) is 0 Å². The lowest BCUT2D eigenvalue weighted by atomic mass is 10.2. The highest BCUT2D eigenvalue weighted by Gasteiger charge is 1.97. The number of rotatable bonds is 3. The van der Waals surface area contributed by atoms with Crippen molar-refractivity contribution in [3.8, 4) is 0 Å². The van der Waals surface area contributed by atoms with Gasteiger partial charge in [0.2, 0.25) is 0 Å². The van der Waals surface area contributed by atoms with Gasteiger partial charge >= 0.3 is 0 Å². The topological polar surface area (TPSA) is 36.4 Å². The SMILES string of the molecule is S=C(NN=Cc1ccc(Cl)c(Cl)c1)Nc1ccccc1. The van der Waals surface area contributed by atoms with Gasteiger partial charge in [0.15, 0.2) is 5.11 Å². The van der Waals surface area contributed by atoms with Crippen molar-refractivity contribution in [2.45, 2.75) is 0 Å². The molecule has 2 rings (SSSR count). The van der Waals surface area contributed by atoms with Gasteiger partial charge in [-0.3, -0.25) is 5.43 Å². The summed E-state index contributed by atoms with van der Waals surface area (Å²) < 4.78 is 0. The smallest absolute Gasteiger partial charge is 0.191 e. The first kappa shape index (κ1) is 14.8. The Balaban J connectivity index is 1.89. The zero-order valence-electron chi connectivity index (χ0n) is 10.3. The van der Waals surface area contributed by atoms with Crippen LogP contribution in [0.1, 0.15) is 5.56 Å². The molecule has 0 saturated heterocycles. The molecule has 0 heterocycles. The average Bonchev–Trinajstić information content (AvgIpc) is 2.44. The Bertz CT molecular complexity index is 630. The summed E-state index contributed by atoms with van der Waals surface area (Å²) in [5, 5.41) is 8.44. The lowest BCUT2D eigenvalue weighted by molar-refractivity contribution is 1.05. The maximum Gasteiger partial charge on any atom is 0.191 e. The molecular formula is C14H11Cl2N3S. The molecule has 0 aliphatic heterocycles. The first-order chi connectivity index (χ1) is 9.65. The Labute approximate surface area is 132 Å². The standard InChI is InChI=1S/C14H11Cl2N3S/c15-12-7-6-10(8-13(12)16)9-17-19-14(20)18-11-4-2-1-3-5-11/h1-9H,(H2,18,19,20). The van der Waals surface area contributed by atoms with E-state index >= 15 is 0 Å². The second-order valence-electron chi connectivity index (χ2n) is 3.86. The zero-order valence-corrected chi connectivity index (χ0v) is 12.6. The number of hydrazone groups is 1. The third kappa shape index (κ3) is 4.49. The summed E-state index contributed by atoms with van der Waals surface area (Å²) in [6.07, 6.45) is 1.61. The van der Waals surface area contributed by atoms with Gasteiger partial charge in [0.05, 0.1) is 16.3 Å². The Morgan fingerprint density at radius 2 is 1.80 bits per heavy atom. The van der Waals surface area contributed by atoms with E-state index in [0.717, 1.165) is 11.3 Å². The van der Waals surface area contributed by atoms with Crippen LogP contribution in [0.15, 0.2) is 53.6 Å². The van der Waals surface area contributed by atoms with Crippen LogP contribution in [-0.4, -0.2) is 11.3 Å². The van der Waals surface area contributed by atoms with Crippen molar-refractivity contribution < 1.29 is 0 Å². The van der Waals surface area contributed by atoms with Crippen LogP contribution in [0.5, 0.6) is 0 Å². The summed E-state index contributed by atoms with van der Waals surface area (Å²) in [6, 6.07) is 14.9. The first-order valence-electron chi connectivity index (χ1n) is 5.75. The molecule has 0 amide bonds.